The molecule has 3 aromatic rings. The van der Waals surface area contributed by atoms with Crippen molar-refractivity contribution in [2.24, 2.45) is 11.3 Å². The van der Waals surface area contributed by atoms with Gasteiger partial charge in [0, 0.05) is 44.5 Å². The molecule has 5 rings (SSSR count). The van der Waals surface area contributed by atoms with Gasteiger partial charge >= 0.3 is 0 Å². The molecule has 0 saturated carbocycles. The van der Waals surface area contributed by atoms with Gasteiger partial charge in [0.05, 0.1) is 28.5 Å². The number of aromatic nitrogens is 2. The Morgan fingerprint density at radius 3 is 2.60 bits per heavy atom. The molecular weight excluding hydrogens is 560 g/mol. The Kier molecular flexibility index (Phi) is 6.90. The van der Waals surface area contributed by atoms with E-state index in [1.54, 1.807) is 34.6 Å². The summed E-state index contributed by atoms with van der Waals surface area (Å²) in [7, 11) is -1.06. The number of benzene rings is 1. The van der Waals surface area contributed by atoms with E-state index in [-0.39, 0.29) is 35.7 Å². The molecule has 13 nitrogen and oxygen atoms in total. The predicted octanol–water partition coefficient (Wildman–Crippen LogP) is 1.69. The first kappa shape index (κ1) is 28.0. The Balaban J connectivity index is 1.39. The van der Waals surface area contributed by atoms with Gasteiger partial charge in [0.25, 0.3) is 15.9 Å². The summed E-state index contributed by atoms with van der Waals surface area (Å²) >= 11 is 1.31. The number of nitrogens with one attached hydrogen (secondary N) is 1. The zero-order chi connectivity index (χ0) is 29.1. The molecule has 4 heterocycles. The van der Waals surface area contributed by atoms with Crippen molar-refractivity contribution in [3.8, 4) is 0 Å². The van der Waals surface area contributed by atoms with Crippen LogP contribution in [-0.4, -0.2) is 81.5 Å². The maximum Gasteiger partial charge on any atom is 0.279 e. The van der Waals surface area contributed by atoms with Crippen molar-refractivity contribution in [1.82, 2.24) is 23.3 Å². The number of carbonyl (C=O) groups is 2. The molecule has 15 heteroatoms. The Bertz CT molecular complexity index is 1660. The second-order valence-corrected chi connectivity index (χ2v) is 13.3. The normalized spacial score (nSPS) is 23.3. The van der Waals surface area contributed by atoms with E-state index in [9.17, 15) is 33.2 Å². The molecule has 2 aliphatic heterocycles. The van der Waals surface area contributed by atoms with Gasteiger partial charge in [-0.3, -0.25) is 24.1 Å². The molecule has 2 N–H and O–H groups in total. The highest BCUT2D eigenvalue weighted by atomic mass is 32.2. The fraction of sp³-hybridized carbons (Fsp3) is 0.400. The molecule has 0 spiro atoms. The van der Waals surface area contributed by atoms with E-state index >= 15 is 0 Å². The number of imidazole rings is 1. The maximum atomic E-state index is 13.5. The number of hydrogen-bond acceptors (Lipinski definition) is 9. The lowest BCUT2D eigenvalue weighted by Gasteiger charge is -2.56. The standard InChI is InChI=1S/C25H28N6O7S2/c1-14-18(20-12-29-13-26-21(23(29)39-20)19(33)10-27-40(37,38)28(3)4)11-30-22(14)25(15(2)32,24(30)34)9-16-5-7-17(8-6-16)31(35)36/h5-8,11-15,22,27,32H,9-10H2,1-4H3/t14-,15+,22+,25+/m0/s1. The number of nitro groups is 1. The first-order chi connectivity index (χ1) is 18.8. The molecule has 2 aromatic heterocycles. The molecule has 212 valence electrons. The number of carbonyl (C=O) groups excluding carboxylic acids is 2. The topological polar surface area (TPSA) is 167 Å². The van der Waals surface area contributed by atoms with Crippen molar-refractivity contribution in [2.75, 3.05) is 20.6 Å². The van der Waals surface area contributed by atoms with Crippen LogP contribution < -0.4 is 4.72 Å². The van der Waals surface area contributed by atoms with Gasteiger partial charge < -0.3 is 10.0 Å². The van der Waals surface area contributed by atoms with Crippen LogP contribution in [0.1, 0.15) is 34.8 Å². The molecule has 1 fully saturated rings. The lowest BCUT2D eigenvalue weighted by molar-refractivity contribution is -0.384. The van der Waals surface area contributed by atoms with Crippen LogP contribution in [0.3, 0.4) is 0 Å². The molecule has 4 atom stereocenters. The summed E-state index contributed by atoms with van der Waals surface area (Å²) in [5, 5.41) is 21.9. The van der Waals surface area contributed by atoms with Crippen LogP contribution in [0.5, 0.6) is 0 Å². The van der Waals surface area contributed by atoms with Crippen molar-refractivity contribution >= 4 is 49.3 Å². The highest BCUT2D eigenvalue weighted by Gasteiger charge is 2.66. The minimum absolute atomic E-state index is 0.0499. The Morgan fingerprint density at radius 1 is 1.32 bits per heavy atom. The smallest absolute Gasteiger partial charge is 0.279 e. The SMILES string of the molecule is C[C@H]1C(c2cn3cnc(C(=O)CNS(=O)(=O)N(C)C)c3s2)=CN2C(=O)[C@](Cc3ccc([N+](=O)[O-])cc3)([C@@H](C)O)[C@@H]12. The third-order valence-electron chi connectivity index (χ3n) is 7.75. The number of nitrogens with zero attached hydrogens (tertiary/aromatic N) is 5. The summed E-state index contributed by atoms with van der Waals surface area (Å²) in [6.45, 7) is 3.13. The number of thiazole rings is 1. The van der Waals surface area contributed by atoms with E-state index in [4.69, 9.17) is 0 Å². The number of nitro benzene ring substituents is 1. The van der Waals surface area contributed by atoms with E-state index in [2.05, 4.69) is 9.71 Å². The van der Waals surface area contributed by atoms with Crippen LogP contribution in [-0.2, 0) is 21.4 Å². The quantitative estimate of drug-likeness (QED) is 0.156. The fourth-order valence-electron chi connectivity index (χ4n) is 5.55. The predicted molar refractivity (Wildman–Crippen MR) is 147 cm³/mol. The average molecular weight is 589 g/mol. The van der Waals surface area contributed by atoms with Crippen molar-refractivity contribution in [3.63, 3.8) is 0 Å². The van der Waals surface area contributed by atoms with Crippen LogP contribution >= 0.6 is 11.3 Å². The molecule has 0 unspecified atom stereocenters. The number of aliphatic hydroxyl groups is 1. The number of rotatable bonds is 10. The van der Waals surface area contributed by atoms with Gasteiger partial charge in [0.15, 0.2) is 5.78 Å². The molecule has 0 bridgehead atoms. The van der Waals surface area contributed by atoms with Gasteiger partial charge in [0.1, 0.15) is 22.3 Å². The third-order valence-corrected chi connectivity index (χ3v) is 10.4. The number of non-ortho nitro benzene ring substituents is 1. The Morgan fingerprint density at radius 2 is 2.00 bits per heavy atom. The van der Waals surface area contributed by atoms with E-state index in [0.717, 1.165) is 14.8 Å². The second kappa shape index (κ2) is 9.85. The number of aliphatic hydroxyl groups excluding tert-OH is 1. The van der Waals surface area contributed by atoms with Crippen molar-refractivity contribution in [2.45, 2.75) is 32.4 Å². The third kappa shape index (κ3) is 4.34. The van der Waals surface area contributed by atoms with Gasteiger partial charge in [-0.15, -0.1) is 11.3 Å². The number of Topliss-reactive ketones (excluding diaryl/α,β-unsaturated/α-hetero) is 1. The second-order valence-electron chi connectivity index (χ2n) is 10.3. The minimum Gasteiger partial charge on any atom is -0.392 e. The number of fused-ring (bicyclic) bond motifs is 2. The van der Waals surface area contributed by atoms with E-state index < -0.39 is 39.0 Å². The van der Waals surface area contributed by atoms with Crippen LogP contribution in [0.25, 0.3) is 10.4 Å². The average Bonchev–Trinajstić information content (AvgIpc) is 3.57. The minimum atomic E-state index is -3.78. The van der Waals surface area contributed by atoms with Gasteiger partial charge in [-0.1, -0.05) is 19.1 Å². The highest BCUT2D eigenvalue weighted by Crippen LogP contribution is 2.55. The molecule has 0 aliphatic carbocycles. The van der Waals surface area contributed by atoms with E-state index in [0.29, 0.717) is 10.4 Å². The summed E-state index contributed by atoms with van der Waals surface area (Å²) in [4.78, 5) is 44.0. The van der Waals surface area contributed by atoms with Crippen LogP contribution in [0.15, 0.2) is 43.0 Å². The molecule has 2 aliphatic rings. The van der Waals surface area contributed by atoms with E-state index in [1.807, 2.05) is 13.1 Å². The summed E-state index contributed by atoms with van der Waals surface area (Å²) in [5.74, 6) is -0.862. The van der Waals surface area contributed by atoms with Gasteiger partial charge in [-0.05, 0) is 24.5 Å². The van der Waals surface area contributed by atoms with E-state index in [1.165, 1.54) is 43.9 Å². The number of amides is 1. The monoisotopic (exact) mass is 588 g/mol. The summed E-state index contributed by atoms with van der Waals surface area (Å²) < 4.78 is 28.9. The molecule has 0 radical (unpaired) electrons. The van der Waals surface area contributed by atoms with Crippen LogP contribution in [0, 0.1) is 21.4 Å². The van der Waals surface area contributed by atoms with Crippen LogP contribution in [0.2, 0.25) is 0 Å². The zero-order valence-electron chi connectivity index (χ0n) is 22.1. The molecule has 40 heavy (non-hydrogen) atoms. The zero-order valence-corrected chi connectivity index (χ0v) is 23.8. The lowest BCUT2D eigenvalue weighted by atomic mass is 9.61. The lowest BCUT2D eigenvalue weighted by Crippen LogP contribution is -2.72. The maximum absolute atomic E-state index is 13.5. The fourth-order valence-corrected chi connectivity index (χ4v) is 7.32. The van der Waals surface area contributed by atoms with Crippen molar-refractivity contribution in [3.05, 3.63) is 69.2 Å². The molecule has 1 saturated heterocycles. The number of ketones is 1. The van der Waals surface area contributed by atoms with Crippen LogP contribution in [0.4, 0.5) is 5.69 Å². The molecule has 1 aromatic carbocycles. The Labute approximate surface area is 234 Å². The first-order valence-electron chi connectivity index (χ1n) is 12.4. The Hall–Kier alpha value is -3.50. The summed E-state index contributed by atoms with van der Waals surface area (Å²) in [6.07, 6.45) is 4.33. The van der Waals surface area contributed by atoms with Gasteiger partial charge in [-0.2, -0.15) is 17.4 Å². The van der Waals surface area contributed by atoms with Crippen molar-refractivity contribution in [1.29, 1.82) is 0 Å². The first-order valence-corrected chi connectivity index (χ1v) is 14.7. The largest absolute Gasteiger partial charge is 0.392 e. The summed E-state index contributed by atoms with van der Waals surface area (Å²) in [5.41, 5.74) is 0.569. The van der Waals surface area contributed by atoms with Crippen molar-refractivity contribution < 1.29 is 28.0 Å². The van der Waals surface area contributed by atoms with Gasteiger partial charge in [0.2, 0.25) is 5.91 Å². The van der Waals surface area contributed by atoms with Gasteiger partial charge in [-0.25, -0.2) is 4.98 Å². The number of β-lactam (4-membered cyclic amide) rings is 1. The molecular formula is C25H28N6O7S2. The highest BCUT2D eigenvalue weighted by molar-refractivity contribution is 7.87. The summed E-state index contributed by atoms with van der Waals surface area (Å²) in [6, 6.07) is 5.67. The molecule has 1 amide bonds. The number of hydrogen-bond donors (Lipinski definition) is 2.